The topological polar surface area (TPSA) is 67.9 Å². The Hall–Kier alpha value is -2.45. The second kappa shape index (κ2) is 7.67. The van der Waals surface area contributed by atoms with Crippen LogP contribution in [-0.2, 0) is 14.9 Å². The fourth-order valence-corrected chi connectivity index (χ4v) is 4.70. The van der Waals surface area contributed by atoms with Crippen LogP contribution in [-0.4, -0.2) is 49.0 Å². The van der Waals surface area contributed by atoms with E-state index in [0.29, 0.717) is 32.5 Å². The number of fused-ring (bicyclic) bond motifs is 1. The number of piperidine rings is 1. The summed E-state index contributed by atoms with van der Waals surface area (Å²) in [7, 11) is 0. The van der Waals surface area contributed by atoms with E-state index in [2.05, 4.69) is 10.1 Å². The first-order chi connectivity index (χ1) is 14.2. The summed E-state index contributed by atoms with van der Waals surface area (Å²) in [5, 5.41) is 2.76. The molecule has 0 aromatic heterocycles. The van der Waals surface area contributed by atoms with Crippen LogP contribution in [0.5, 0.6) is 5.75 Å². The standard InChI is InChI=1S/C21H25F3N2O4/c1-2-6-29-19(28)25-16-7-13(8-16)18(27)26-11-15-10-20(15,12-26)14-4-3-5-17(9-14)30-21(22,23)24/h3-5,9,13,15-16H,2,6-8,10-12H2,1H3,(H,25,28). The highest BCUT2D eigenvalue weighted by Crippen LogP contribution is 2.59. The number of alkyl carbamates (subject to hydrolysis) is 1. The van der Waals surface area contributed by atoms with E-state index in [4.69, 9.17) is 4.74 Å². The molecular weight excluding hydrogens is 401 g/mol. The third-order valence-corrected chi connectivity index (χ3v) is 6.35. The summed E-state index contributed by atoms with van der Waals surface area (Å²) in [4.78, 5) is 26.2. The highest BCUT2D eigenvalue weighted by Gasteiger charge is 2.62. The normalized spacial score (nSPS) is 29.6. The van der Waals surface area contributed by atoms with Gasteiger partial charge in [-0.05, 0) is 49.3 Å². The average molecular weight is 426 g/mol. The number of carbonyl (C=O) groups is 2. The maximum Gasteiger partial charge on any atom is 0.573 e. The van der Waals surface area contributed by atoms with Crippen molar-refractivity contribution < 1.29 is 32.2 Å². The van der Waals surface area contributed by atoms with E-state index in [1.54, 1.807) is 6.07 Å². The number of nitrogens with zero attached hydrogens (tertiary/aromatic N) is 1. The first kappa shape index (κ1) is 20.8. The van der Waals surface area contributed by atoms with E-state index in [1.165, 1.54) is 12.1 Å². The van der Waals surface area contributed by atoms with E-state index in [1.807, 2.05) is 17.9 Å². The summed E-state index contributed by atoms with van der Waals surface area (Å²) < 4.78 is 46.6. The van der Waals surface area contributed by atoms with E-state index in [9.17, 15) is 22.8 Å². The first-order valence-electron chi connectivity index (χ1n) is 10.3. The van der Waals surface area contributed by atoms with Gasteiger partial charge in [0.15, 0.2) is 0 Å². The van der Waals surface area contributed by atoms with E-state index >= 15 is 0 Å². The van der Waals surface area contributed by atoms with Crippen LogP contribution in [0.15, 0.2) is 24.3 Å². The second-order valence-electron chi connectivity index (χ2n) is 8.50. The molecule has 2 atom stereocenters. The molecule has 1 saturated heterocycles. The van der Waals surface area contributed by atoms with E-state index in [0.717, 1.165) is 18.4 Å². The number of rotatable bonds is 6. The number of carbonyl (C=O) groups excluding carboxylic acids is 2. The van der Waals surface area contributed by atoms with Crippen molar-refractivity contribution in [3.8, 4) is 5.75 Å². The lowest BCUT2D eigenvalue weighted by Crippen LogP contribution is -2.50. The average Bonchev–Trinajstić information content (AvgIpc) is 3.22. The number of hydrogen-bond donors (Lipinski definition) is 1. The van der Waals surface area contributed by atoms with Crippen molar-refractivity contribution in [2.75, 3.05) is 19.7 Å². The minimum atomic E-state index is -4.73. The van der Waals surface area contributed by atoms with Gasteiger partial charge in [-0.15, -0.1) is 13.2 Å². The molecule has 2 saturated carbocycles. The van der Waals surface area contributed by atoms with Gasteiger partial charge in [0.25, 0.3) is 0 Å². The molecule has 1 aliphatic heterocycles. The lowest BCUT2D eigenvalue weighted by atomic mass is 9.79. The lowest BCUT2D eigenvalue weighted by Gasteiger charge is -2.37. The van der Waals surface area contributed by atoms with Gasteiger partial charge in [0.2, 0.25) is 5.91 Å². The van der Waals surface area contributed by atoms with Crippen molar-refractivity contribution in [1.29, 1.82) is 0 Å². The van der Waals surface area contributed by atoms with Gasteiger partial charge in [-0.25, -0.2) is 4.79 Å². The Kier molecular flexibility index (Phi) is 5.32. The maximum atomic E-state index is 12.8. The second-order valence-corrected chi connectivity index (χ2v) is 8.50. The van der Waals surface area contributed by atoms with Crippen molar-refractivity contribution >= 4 is 12.0 Å². The summed E-state index contributed by atoms with van der Waals surface area (Å²) >= 11 is 0. The highest BCUT2D eigenvalue weighted by atomic mass is 19.4. The predicted molar refractivity (Wildman–Crippen MR) is 101 cm³/mol. The van der Waals surface area contributed by atoms with Crippen molar-refractivity contribution in [3.63, 3.8) is 0 Å². The quantitative estimate of drug-likeness (QED) is 0.755. The van der Waals surface area contributed by atoms with Crippen LogP contribution in [0.2, 0.25) is 0 Å². The van der Waals surface area contributed by atoms with Crippen LogP contribution < -0.4 is 10.1 Å². The molecule has 1 heterocycles. The number of amides is 2. The number of alkyl halides is 3. The SMILES string of the molecule is CCCOC(=O)NC1CC(C(=O)N2CC3CC3(c3cccc(OC(F)(F)F)c3)C2)C1. The summed E-state index contributed by atoms with van der Waals surface area (Å²) in [6.07, 6.45) is -2.39. The Morgan fingerprint density at radius 3 is 2.77 bits per heavy atom. The smallest absolute Gasteiger partial charge is 0.450 e. The minimum absolute atomic E-state index is 0.0504. The molecule has 1 N–H and O–H groups in total. The Morgan fingerprint density at radius 2 is 2.07 bits per heavy atom. The number of likely N-dealkylation sites (tertiary alicyclic amines) is 1. The number of ether oxygens (including phenoxy) is 2. The zero-order chi connectivity index (χ0) is 21.5. The Bertz CT molecular complexity index is 825. The molecule has 1 aromatic rings. The maximum absolute atomic E-state index is 12.8. The number of hydrogen-bond acceptors (Lipinski definition) is 4. The molecule has 4 rings (SSSR count). The van der Waals surface area contributed by atoms with Gasteiger partial charge in [-0.2, -0.15) is 0 Å². The van der Waals surface area contributed by atoms with Crippen molar-refractivity contribution in [1.82, 2.24) is 10.2 Å². The van der Waals surface area contributed by atoms with Gasteiger partial charge in [0, 0.05) is 30.5 Å². The fraction of sp³-hybridized carbons (Fsp3) is 0.619. The molecule has 1 aromatic carbocycles. The molecule has 164 valence electrons. The monoisotopic (exact) mass is 426 g/mol. The van der Waals surface area contributed by atoms with Crippen molar-refractivity contribution in [3.05, 3.63) is 29.8 Å². The van der Waals surface area contributed by atoms with Crippen LogP contribution >= 0.6 is 0 Å². The number of halogens is 3. The van der Waals surface area contributed by atoms with Crippen LogP contribution in [0, 0.1) is 11.8 Å². The van der Waals surface area contributed by atoms with Gasteiger partial charge >= 0.3 is 12.5 Å². The van der Waals surface area contributed by atoms with Gasteiger partial charge in [-0.3, -0.25) is 4.79 Å². The third-order valence-electron chi connectivity index (χ3n) is 6.35. The molecule has 9 heteroatoms. The summed E-state index contributed by atoms with van der Waals surface area (Å²) in [5.74, 6) is -0.0338. The van der Waals surface area contributed by atoms with E-state index < -0.39 is 12.5 Å². The summed E-state index contributed by atoms with van der Waals surface area (Å²) in [6.45, 7) is 3.42. The molecule has 0 bridgehead atoms. The molecule has 2 aliphatic carbocycles. The minimum Gasteiger partial charge on any atom is -0.450 e. The molecule has 0 spiro atoms. The van der Waals surface area contributed by atoms with Crippen LogP contribution in [0.1, 0.15) is 38.2 Å². The van der Waals surface area contributed by atoms with Gasteiger partial charge in [0.1, 0.15) is 5.75 Å². The van der Waals surface area contributed by atoms with Crippen molar-refractivity contribution in [2.45, 2.75) is 50.4 Å². The molecule has 3 fully saturated rings. The van der Waals surface area contributed by atoms with Crippen molar-refractivity contribution in [2.24, 2.45) is 11.8 Å². The number of nitrogens with one attached hydrogen (secondary N) is 1. The molecule has 30 heavy (non-hydrogen) atoms. The van der Waals surface area contributed by atoms with E-state index in [-0.39, 0.29) is 34.9 Å². The Morgan fingerprint density at radius 1 is 1.30 bits per heavy atom. The summed E-state index contributed by atoms with van der Waals surface area (Å²) in [5.41, 5.74) is 0.516. The summed E-state index contributed by atoms with van der Waals surface area (Å²) in [6, 6.07) is 6.04. The van der Waals surface area contributed by atoms with Crippen LogP contribution in [0.25, 0.3) is 0 Å². The zero-order valence-corrected chi connectivity index (χ0v) is 16.7. The first-order valence-corrected chi connectivity index (χ1v) is 10.3. The molecule has 2 amide bonds. The van der Waals surface area contributed by atoms with Crippen LogP contribution in [0.3, 0.4) is 0 Å². The molecule has 6 nitrogen and oxygen atoms in total. The Labute approximate surface area is 172 Å². The number of benzene rings is 1. The highest BCUT2D eigenvalue weighted by molar-refractivity contribution is 5.81. The van der Waals surface area contributed by atoms with Gasteiger partial charge in [-0.1, -0.05) is 19.1 Å². The lowest BCUT2D eigenvalue weighted by molar-refractivity contribution is -0.274. The molecule has 2 unspecified atom stereocenters. The van der Waals surface area contributed by atoms with Crippen LogP contribution in [0.4, 0.5) is 18.0 Å². The third kappa shape index (κ3) is 4.20. The zero-order valence-electron chi connectivity index (χ0n) is 16.7. The fourth-order valence-electron chi connectivity index (χ4n) is 4.70. The van der Waals surface area contributed by atoms with Gasteiger partial charge < -0.3 is 19.7 Å². The molecular formula is C21H25F3N2O4. The predicted octanol–water partition coefficient (Wildman–Crippen LogP) is 3.60. The molecule has 0 radical (unpaired) electrons. The largest absolute Gasteiger partial charge is 0.573 e. The van der Waals surface area contributed by atoms with Gasteiger partial charge in [0.05, 0.1) is 6.61 Å². The molecule has 3 aliphatic rings. The Balaban J connectivity index is 1.31.